The summed E-state index contributed by atoms with van der Waals surface area (Å²) in [5.41, 5.74) is 1.12. The molecule has 1 aliphatic rings. The van der Waals surface area contributed by atoms with E-state index in [1.165, 1.54) is 12.3 Å². The highest BCUT2D eigenvalue weighted by Gasteiger charge is 2.34. The van der Waals surface area contributed by atoms with Gasteiger partial charge in [-0.05, 0) is 38.4 Å². The van der Waals surface area contributed by atoms with Crippen LogP contribution in [0.1, 0.15) is 25.7 Å². The van der Waals surface area contributed by atoms with Crippen LogP contribution in [-0.4, -0.2) is 33.4 Å². The van der Waals surface area contributed by atoms with Gasteiger partial charge in [-0.1, -0.05) is 5.16 Å². The number of benzene rings is 1. The summed E-state index contributed by atoms with van der Waals surface area (Å²) in [5, 5.41) is 14.6. The Morgan fingerprint density at radius 3 is 3.09 bits per heavy atom. The maximum Gasteiger partial charge on any atom is 0.234 e. The van der Waals surface area contributed by atoms with Gasteiger partial charge in [-0.25, -0.2) is 4.39 Å². The first-order valence-corrected chi connectivity index (χ1v) is 7.34. The van der Waals surface area contributed by atoms with Gasteiger partial charge in [0.1, 0.15) is 5.82 Å². The number of piperidine rings is 1. The van der Waals surface area contributed by atoms with Crippen LogP contribution in [-0.2, 0) is 5.41 Å². The van der Waals surface area contributed by atoms with Gasteiger partial charge in [0.15, 0.2) is 0 Å². The first-order chi connectivity index (χ1) is 10.7. The van der Waals surface area contributed by atoms with Gasteiger partial charge in [0.2, 0.25) is 11.7 Å². The molecule has 0 radical (unpaired) electrons. The molecule has 1 unspecified atom stereocenters. The molecule has 7 heteroatoms. The topological polar surface area (TPSA) is 79.6 Å². The molecule has 3 heterocycles. The Hall–Kier alpha value is -2.28. The molecule has 1 aliphatic heterocycles. The molecule has 6 nitrogen and oxygen atoms in total. The molecule has 2 aromatic heterocycles. The predicted octanol–water partition coefficient (Wildman–Crippen LogP) is 2.39. The number of aromatic nitrogens is 4. The van der Waals surface area contributed by atoms with Gasteiger partial charge in [0.25, 0.3) is 0 Å². The lowest BCUT2D eigenvalue weighted by Crippen LogP contribution is -2.41. The van der Waals surface area contributed by atoms with Crippen molar-refractivity contribution in [2.75, 3.05) is 13.1 Å². The summed E-state index contributed by atoms with van der Waals surface area (Å²) in [4.78, 5) is 4.55. The Morgan fingerprint density at radius 1 is 1.36 bits per heavy atom. The third-order valence-electron chi connectivity index (χ3n) is 4.34. The molecule has 0 amide bonds. The predicted molar refractivity (Wildman–Crippen MR) is 78.8 cm³/mol. The van der Waals surface area contributed by atoms with Crippen LogP contribution in [0.4, 0.5) is 4.39 Å². The van der Waals surface area contributed by atoms with Crippen molar-refractivity contribution in [3.05, 3.63) is 30.0 Å². The van der Waals surface area contributed by atoms with E-state index < -0.39 is 0 Å². The smallest absolute Gasteiger partial charge is 0.234 e. The molecule has 1 atom stereocenters. The number of halogens is 1. The number of hydrogen-bond donors (Lipinski definition) is 2. The highest BCUT2D eigenvalue weighted by atomic mass is 19.1. The Labute approximate surface area is 126 Å². The lowest BCUT2D eigenvalue weighted by atomic mass is 9.83. The molecular formula is C15H16FN5O. The quantitative estimate of drug-likeness (QED) is 0.759. The number of H-pyrrole nitrogens is 1. The normalized spacial score (nSPS) is 22.3. The molecule has 1 saturated heterocycles. The van der Waals surface area contributed by atoms with E-state index in [1.807, 2.05) is 0 Å². The van der Waals surface area contributed by atoms with Crippen molar-refractivity contribution < 1.29 is 8.91 Å². The van der Waals surface area contributed by atoms with Crippen molar-refractivity contribution in [2.24, 2.45) is 0 Å². The van der Waals surface area contributed by atoms with E-state index >= 15 is 0 Å². The summed E-state index contributed by atoms with van der Waals surface area (Å²) in [6, 6.07) is 3.04. The summed E-state index contributed by atoms with van der Waals surface area (Å²) in [6.45, 7) is 3.95. The number of nitrogens with one attached hydrogen (secondary N) is 2. The Kier molecular flexibility index (Phi) is 2.97. The largest absolute Gasteiger partial charge is 0.338 e. The number of hydrogen-bond acceptors (Lipinski definition) is 5. The SMILES string of the molecule is CC1(c2nc(-c3ccc(F)c4cn[nH]c34)no2)CCCNC1. The van der Waals surface area contributed by atoms with Crippen molar-refractivity contribution in [3.63, 3.8) is 0 Å². The molecule has 3 aromatic rings. The molecule has 1 fully saturated rings. The summed E-state index contributed by atoms with van der Waals surface area (Å²) in [6.07, 6.45) is 3.54. The molecule has 22 heavy (non-hydrogen) atoms. The third kappa shape index (κ3) is 2.00. The van der Waals surface area contributed by atoms with Crippen LogP contribution in [0.3, 0.4) is 0 Å². The van der Waals surface area contributed by atoms with Crippen molar-refractivity contribution >= 4 is 10.9 Å². The first kappa shape index (κ1) is 13.4. The van der Waals surface area contributed by atoms with Gasteiger partial charge in [-0.2, -0.15) is 10.1 Å². The van der Waals surface area contributed by atoms with E-state index in [1.54, 1.807) is 6.07 Å². The third-order valence-corrected chi connectivity index (χ3v) is 4.34. The van der Waals surface area contributed by atoms with E-state index in [4.69, 9.17) is 4.52 Å². The molecule has 4 rings (SSSR count). The van der Waals surface area contributed by atoms with E-state index in [0.717, 1.165) is 25.9 Å². The number of fused-ring (bicyclic) bond motifs is 1. The average molecular weight is 301 g/mol. The summed E-state index contributed by atoms with van der Waals surface area (Å²) >= 11 is 0. The fourth-order valence-electron chi connectivity index (χ4n) is 3.01. The van der Waals surface area contributed by atoms with Crippen molar-refractivity contribution in [1.82, 2.24) is 25.7 Å². The second-order valence-corrected chi connectivity index (χ2v) is 6.02. The molecule has 0 bridgehead atoms. The van der Waals surface area contributed by atoms with Crippen LogP contribution in [0.25, 0.3) is 22.3 Å². The van der Waals surface area contributed by atoms with Gasteiger partial charge < -0.3 is 9.84 Å². The average Bonchev–Trinajstić information content (AvgIpc) is 3.18. The second kappa shape index (κ2) is 4.88. The van der Waals surface area contributed by atoms with E-state index in [9.17, 15) is 4.39 Å². The van der Waals surface area contributed by atoms with Gasteiger partial charge in [-0.15, -0.1) is 0 Å². The van der Waals surface area contributed by atoms with Gasteiger partial charge in [0, 0.05) is 12.1 Å². The van der Waals surface area contributed by atoms with Crippen molar-refractivity contribution in [1.29, 1.82) is 0 Å². The van der Waals surface area contributed by atoms with E-state index in [0.29, 0.717) is 28.2 Å². The van der Waals surface area contributed by atoms with E-state index in [-0.39, 0.29) is 11.2 Å². The molecule has 0 aliphatic carbocycles. The first-order valence-electron chi connectivity index (χ1n) is 7.34. The standard InChI is InChI=1S/C15H16FN5O/c1-15(5-2-6-17-8-15)14-19-13(21-22-14)9-3-4-11(16)10-7-18-20-12(9)10/h3-4,7,17H,2,5-6,8H2,1H3,(H,18,20). The number of aromatic amines is 1. The highest BCUT2D eigenvalue weighted by molar-refractivity contribution is 5.91. The zero-order valence-corrected chi connectivity index (χ0v) is 12.2. The van der Waals surface area contributed by atoms with Crippen molar-refractivity contribution in [2.45, 2.75) is 25.2 Å². The Bertz CT molecular complexity index is 818. The minimum Gasteiger partial charge on any atom is -0.338 e. The monoisotopic (exact) mass is 301 g/mol. The van der Waals surface area contributed by atoms with Gasteiger partial charge >= 0.3 is 0 Å². The second-order valence-electron chi connectivity index (χ2n) is 6.02. The lowest BCUT2D eigenvalue weighted by molar-refractivity contribution is 0.245. The zero-order chi connectivity index (χ0) is 15.2. The fourth-order valence-corrected chi connectivity index (χ4v) is 3.01. The minimum atomic E-state index is -0.320. The molecule has 0 spiro atoms. The molecule has 0 saturated carbocycles. The van der Waals surface area contributed by atoms with E-state index in [2.05, 4.69) is 32.6 Å². The fraction of sp³-hybridized carbons (Fsp3) is 0.400. The van der Waals surface area contributed by atoms with Crippen LogP contribution in [0.5, 0.6) is 0 Å². The summed E-state index contributed by atoms with van der Waals surface area (Å²) in [7, 11) is 0. The highest BCUT2D eigenvalue weighted by Crippen LogP contribution is 2.32. The minimum absolute atomic E-state index is 0.156. The van der Waals surface area contributed by atoms with Gasteiger partial charge in [0.05, 0.1) is 22.5 Å². The summed E-state index contributed by atoms with van der Waals surface area (Å²) in [5.74, 6) is 0.752. The summed E-state index contributed by atoms with van der Waals surface area (Å²) < 4.78 is 19.2. The Balaban J connectivity index is 1.77. The van der Waals surface area contributed by atoms with Crippen LogP contribution in [0, 0.1) is 5.82 Å². The maximum atomic E-state index is 13.7. The van der Waals surface area contributed by atoms with Gasteiger partial charge in [-0.3, -0.25) is 5.10 Å². The number of nitrogens with zero attached hydrogens (tertiary/aromatic N) is 3. The zero-order valence-electron chi connectivity index (χ0n) is 12.2. The molecular weight excluding hydrogens is 285 g/mol. The Morgan fingerprint density at radius 2 is 2.27 bits per heavy atom. The van der Waals surface area contributed by atoms with Crippen LogP contribution in [0.2, 0.25) is 0 Å². The molecule has 1 aromatic carbocycles. The van der Waals surface area contributed by atoms with Crippen LogP contribution >= 0.6 is 0 Å². The van der Waals surface area contributed by atoms with Crippen LogP contribution < -0.4 is 5.32 Å². The molecule has 2 N–H and O–H groups in total. The van der Waals surface area contributed by atoms with Crippen molar-refractivity contribution in [3.8, 4) is 11.4 Å². The maximum absolute atomic E-state index is 13.7. The lowest BCUT2D eigenvalue weighted by Gasteiger charge is -2.30. The van der Waals surface area contributed by atoms with Crippen LogP contribution in [0.15, 0.2) is 22.9 Å². The number of rotatable bonds is 2. The molecule has 114 valence electrons.